The Kier molecular flexibility index (Phi) is 6.67. The van der Waals surface area contributed by atoms with E-state index >= 15 is 0 Å². The van der Waals surface area contributed by atoms with Crippen molar-refractivity contribution in [3.63, 3.8) is 0 Å². The Morgan fingerprint density at radius 3 is 2.76 bits per heavy atom. The van der Waals surface area contributed by atoms with E-state index in [1.54, 1.807) is 0 Å². The van der Waals surface area contributed by atoms with Crippen LogP contribution in [0.15, 0.2) is 24.3 Å². The zero-order valence-electron chi connectivity index (χ0n) is 11.0. The second-order valence-electron chi connectivity index (χ2n) is 4.23. The molecule has 0 aliphatic carbocycles. The smallest absolute Gasteiger partial charge is 0.119 e. The van der Waals surface area contributed by atoms with Crippen LogP contribution in [0.2, 0.25) is 0 Å². The molecule has 0 saturated heterocycles. The number of rotatable bonds is 8. The SMILES string of the molecule is CCOCCOc1cccc(CNC(C)C)c1. The maximum atomic E-state index is 5.60. The van der Waals surface area contributed by atoms with E-state index in [1.165, 1.54) is 5.56 Å². The van der Waals surface area contributed by atoms with Crippen molar-refractivity contribution in [2.24, 2.45) is 0 Å². The van der Waals surface area contributed by atoms with Crippen LogP contribution in [0.25, 0.3) is 0 Å². The van der Waals surface area contributed by atoms with Crippen LogP contribution in [0.3, 0.4) is 0 Å². The molecule has 17 heavy (non-hydrogen) atoms. The normalized spacial score (nSPS) is 10.8. The van der Waals surface area contributed by atoms with E-state index in [4.69, 9.17) is 9.47 Å². The molecule has 0 fully saturated rings. The average Bonchev–Trinajstić information content (AvgIpc) is 2.33. The van der Waals surface area contributed by atoms with Gasteiger partial charge in [0.25, 0.3) is 0 Å². The third-order valence-corrected chi connectivity index (χ3v) is 2.31. The Hall–Kier alpha value is -1.06. The average molecular weight is 237 g/mol. The second kappa shape index (κ2) is 8.09. The Morgan fingerprint density at radius 1 is 1.24 bits per heavy atom. The van der Waals surface area contributed by atoms with Gasteiger partial charge in [-0.1, -0.05) is 26.0 Å². The largest absolute Gasteiger partial charge is 0.491 e. The molecular weight excluding hydrogens is 214 g/mol. The summed E-state index contributed by atoms with van der Waals surface area (Å²) >= 11 is 0. The molecule has 0 atom stereocenters. The molecule has 0 radical (unpaired) electrons. The van der Waals surface area contributed by atoms with E-state index in [1.807, 2.05) is 19.1 Å². The lowest BCUT2D eigenvalue weighted by Crippen LogP contribution is -2.21. The molecule has 1 aromatic carbocycles. The van der Waals surface area contributed by atoms with Crippen molar-refractivity contribution in [1.29, 1.82) is 0 Å². The molecule has 0 unspecified atom stereocenters. The molecule has 0 bridgehead atoms. The van der Waals surface area contributed by atoms with E-state index in [-0.39, 0.29) is 0 Å². The topological polar surface area (TPSA) is 30.5 Å². The maximum Gasteiger partial charge on any atom is 0.119 e. The number of nitrogens with one attached hydrogen (secondary N) is 1. The standard InChI is InChI=1S/C14H23NO2/c1-4-16-8-9-17-14-7-5-6-13(10-14)11-15-12(2)3/h5-7,10,12,15H,4,8-9,11H2,1-3H3. The second-order valence-corrected chi connectivity index (χ2v) is 4.23. The first-order chi connectivity index (χ1) is 8.22. The fraction of sp³-hybridized carbons (Fsp3) is 0.571. The van der Waals surface area contributed by atoms with Gasteiger partial charge in [-0.3, -0.25) is 0 Å². The molecule has 0 aliphatic heterocycles. The van der Waals surface area contributed by atoms with E-state index in [2.05, 4.69) is 31.3 Å². The van der Waals surface area contributed by atoms with Gasteiger partial charge in [-0.2, -0.15) is 0 Å². The quantitative estimate of drug-likeness (QED) is 0.705. The fourth-order valence-electron chi connectivity index (χ4n) is 1.43. The van der Waals surface area contributed by atoms with Gasteiger partial charge in [0, 0.05) is 19.2 Å². The summed E-state index contributed by atoms with van der Waals surface area (Å²) in [6.45, 7) is 9.13. The molecule has 0 aromatic heterocycles. The lowest BCUT2D eigenvalue weighted by atomic mass is 10.2. The Labute approximate surface area is 104 Å². The summed E-state index contributed by atoms with van der Waals surface area (Å²) in [6, 6.07) is 8.67. The minimum atomic E-state index is 0.498. The van der Waals surface area contributed by atoms with Crippen LogP contribution in [0.1, 0.15) is 26.3 Å². The van der Waals surface area contributed by atoms with Crippen molar-refractivity contribution in [1.82, 2.24) is 5.32 Å². The molecule has 1 rings (SSSR count). The maximum absolute atomic E-state index is 5.60. The fourth-order valence-corrected chi connectivity index (χ4v) is 1.43. The van der Waals surface area contributed by atoms with Gasteiger partial charge in [-0.15, -0.1) is 0 Å². The summed E-state index contributed by atoms with van der Waals surface area (Å²) in [5, 5.41) is 3.39. The minimum absolute atomic E-state index is 0.498. The number of benzene rings is 1. The van der Waals surface area contributed by atoms with Crippen molar-refractivity contribution in [2.75, 3.05) is 19.8 Å². The zero-order valence-corrected chi connectivity index (χ0v) is 11.0. The Morgan fingerprint density at radius 2 is 2.06 bits per heavy atom. The minimum Gasteiger partial charge on any atom is -0.491 e. The van der Waals surface area contributed by atoms with Crippen LogP contribution in [0, 0.1) is 0 Å². The summed E-state index contributed by atoms with van der Waals surface area (Å²) in [7, 11) is 0. The van der Waals surface area contributed by atoms with E-state index in [0.29, 0.717) is 19.3 Å². The van der Waals surface area contributed by atoms with Gasteiger partial charge in [0.15, 0.2) is 0 Å². The van der Waals surface area contributed by atoms with Crippen LogP contribution in [0.4, 0.5) is 0 Å². The highest BCUT2D eigenvalue weighted by Gasteiger charge is 1.98. The molecule has 0 heterocycles. The highest BCUT2D eigenvalue weighted by molar-refractivity contribution is 5.28. The van der Waals surface area contributed by atoms with Crippen molar-refractivity contribution in [3.05, 3.63) is 29.8 Å². The third-order valence-electron chi connectivity index (χ3n) is 2.31. The van der Waals surface area contributed by atoms with Crippen molar-refractivity contribution < 1.29 is 9.47 Å². The van der Waals surface area contributed by atoms with Gasteiger partial charge in [0.2, 0.25) is 0 Å². The first-order valence-electron chi connectivity index (χ1n) is 6.25. The van der Waals surface area contributed by atoms with Gasteiger partial charge >= 0.3 is 0 Å². The monoisotopic (exact) mass is 237 g/mol. The summed E-state index contributed by atoms with van der Waals surface area (Å²) in [4.78, 5) is 0. The van der Waals surface area contributed by atoms with Gasteiger partial charge in [0.1, 0.15) is 12.4 Å². The predicted octanol–water partition coefficient (Wildman–Crippen LogP) is 2.60. The van der Waals surface area contributed by atoms with Crippen LogP contribution in [-0.2, 0) is 11.3 Å². The van der Waals surface area contributed by atoms with Crippen LogP contribution in [0.5, 0.6) is 5.75 Å². The molecule has 0 amide bonds. The molecule has 0 aliphatic rings. The molecule has 96 valence electrons. The summed E-state index contributed by atoms with van der Waals surface area (Å²) in [5.41, 5.74) is 1.24. The summed E-state index contributed by atoms with van der Waals surface area (Å²) in [5.74, 6) is 0.910. The Balaban J connectivity index is 2.37. The summed E-state index contributed by atoms with van der Waals surface area (Å²) < 4.78 is 10.8. The number of hydrogen-bond acceptors (Lipinski definition) is 3. The molecule has 0 spiro atoms. The highest BCUT2D eigenvalue weighted by Crippen LogP contribution is 2.13. The molecule has 3 nitrogen and oxygen atoms in total. The number of ether oxygens (including phenoxy) is 2. The van der Waals surface area contributed by atoms with Crippen LogP contribution < -0.4 is 10.1 Å². The van der Waals surface area contributed by atoms with E-state index in [9.17, 15) is 0 Å². The molecule has 1 N–H and O–H groups in total. The van der Waals surface area contributed by atoms with Gasteiger partial charge in [-0.05, 0) is 24.6 Å². The van der Waals surface area contributed by atoms with Crippen molar-refractivity contribution in [2.45, 2.75) is 33.4 Å². The lowest BCUT2D eigenvalue weighted by Gasteiger charge is -2.10. The van der Waals surface area contributed by atoms with E-state index < -0.39 is 0 Å². The lowest BCUT2D eigenvalue weighted by molar-refractivity contribution is 0.110. The Bertz CT molecular complexity index is 313. The van der Waals surface area contributed by atoms with Crippen molar-refractivity contribution in [3.8, 4) is 5.75 Å². The zero-order chi connectivity index (χ0) is 12.5. The van der Waals surface area contributed by atoms with Gasteiger partial charge in [-0.25, -0.2) is 0 Å². The van der Waals surface area contributed by atoms with Gasteiger partial charge in [0.05, 0.1) is 6.61 Å². The third kappa shape index (κ3) is 6.29. The molecular formula is C14H23NO2. The van der Waals surface area contributed by atoms with Gasteiger partial charge < -0.3 is 14.8 Å². The first-order valence-corrected chi connectivity index (χ1v) is 6.25. The molecule has 1 aromatic rings. The highest BCUT2D eigenvalue weighted by atomic mass is 16.5. The first kappa shape index (κ1) is 14.0. The molecule has 0 saturated carbocycles. The summed E-state index contributed by atoms with van der Waals surface area (Å²) in [6.07, 6.45) is 0. The molecule has 3 heteroatoms. The predicted molar refractivity (Wildman–Crippen MR) is 70.4 cm³/mol. The van der Waals surface area contributed by atoms with Crippen LogP contribution in [-0.4, -0.2) is 25.9 Å². The van der Waals surface area contributed by atoms with E-state index in [0.717, 1.165) is 18.9 Å². The number of hydrogen-bond donors (Lipinski definition) is 1. The van der Waals surface area contributed by atoms with Crippen molar-refractivity contribution >= 4 is 0 Å². The van der Waals surface area contributed by atoms with Crippen LogP contribution >= 0.6 is 0 Å².